The Morgan fingerprint density at radius 2 is 1.89 bits per heavy atom. The van der Waals surface area contributed by atoms with Crippen molar-refractivity contribution in [1.82, 2.24) is 4.72 Å². The molecule has 102 valence electrons. The highest BCUT2D eigenvalue weighted by Gasteiger charge is 2.12. The number of hydrogen-bond acceptors (Lipinski definition) is 4. The standard InChI is InChI=1S/C12H20N2O3S/c1-10(2)9-17-8-7-14-18(15,16)12-5-3-11(13)4-6-12/h3-6,10,14H,7-9,13H2,1-2H3. The van der Waals surface area contributed by atoms with E-state index in [-0.39, 0.29) is 11.4 Å². The molecule has 0 aromatic heterocycles. The van der Waals surface area contributed by atoms with Crippen molar-refractivity contribution in [1.29, 1.82) is 0 Å². The molecule has 18 heavy (non-hydrogen) atoms. The van der Waals surface area contributed by atoms with Crippen molar-refractivity contribution in [2.24, 2.45) is 5.92 Å². The van der Waals surface area contributed by atoms with Crippen LogP contribution < -0.4 is 10.5 Å². The quantitative estimate of drug-likeness (QED) is 0.577. The smallest absolute Gasteiger partial charge is 0.240 e. The highest BCUT2D eigenvalue weighted by atomic mass is 32.2. The van der Waals surface area contributed by atoms with E-state index < -0.39 is 10.0 Å². The molecule has 0 saturated heterocycles. The molecule has 0 bridgehead atoms. The molecule has 5 nitrogen and oxygen atoms in total. The van der Waals surface area contributed by atoms with Crippen molar-refractivity contribution in [3.8, 4) is 0 Å². The molecule has 3 N–H and O–H groups in total. The summed E-state index contributed by atoms with van der Waals surface area (Å²) in [5, 5.41) is 0. The SMILES string of the molecule is CC(C)COCCNS(=O)(=O)c1ccc(N)cc1. The van der Waals surface area contributed by atoms with Gasteiger partial charge in [0.25, 0.3) is 0 Å². The van der Waals surface area contributed by atoms with Crippen LogP contribution in [0.25, 0.3) is 0 Å². The number of sulfonamides is 1. The highest BCUT2D eigenvalue weighted by Crippen LogP contribution is 2.10. The first-order valence-electron chi connectivity index (χ1n) is 5.85. The molecule has 0 atom stereocenters. The van der Waals surface area contributed by atoms with Crippen molar-refractivity contribution in [2.45, 2.75) is 18.7 Å². The summed E-state index contributed by atoms with van der Waals surface area (Å²) in [6, 6.07) is 6.08. The number of nitrogens with two attached hydrogens (primary N) is 1. The van der Waals surface area contributed by atoms with Crippen LogP contribution in [0.5, 0.6) is 0 Å². The molecule has 0 aliphatic carbocycles. The van der Waals surface area contributed by atoms with Gasteiger partial charge in [0.2, 0.25) is 10.0 Å². The molecule has 0 aliphatic heterocycles. The first-order valence-corrected chi connectivity index (χ1v) is 7.33. The lowest BCUT2D eigenvalue weighted by Crippen LogP contribution is -2.27. The van der Waals surface area contributed by atoms with Gasteiger partial charge in [0.1, 0.15) is 0 Å². The van der Waals surface area contributed by atoms with Crippen molar-refractivity contribution in [2.75, 3.05) is 25.5 Å². The molecule has 1 aromatic carbocycles. The first kappa shape index (κ1) is 14.9. The summed E-state index contributed by atoms with van der Waals surface area (Å²) in [5.74, 6) is 0.443. The summed E-state index contributed by atoms with van der Waals surface area (Å²) in [6.07, 6.45) is 0. The van der Waals surface area contributed by atoms with Crippen LogP contribution in [0.1, 0.15) is 13.8 Å². The molecule has 0 spiro atoms. The van der Waals surface area contributed by atoms with E-state index in [4.69, 9.17) is 10.5 Å². The summed E-state index contributed by atoms with van der Waals surface area (Å²) in [5.41, 5.74) is 6.04. The monoisotopic (exact) mass is 272 g/mol. The Morgan fingerprint density at radius 3 is 2.44 bits per heavy atom. The van der Waals surface area contributed by atoms with E-state index in [1.165, 1.54) is 12.1 Å². The lowest BCUT2D eigenvalue weighted by atomic mass is 10.2. The van der Waals surface area contributed by atoms with Gasteiger partial charge in [-0.1, -0.05) is 13.8 Å². The Bertz CT molecular complexity index is 455. The maximum atomic E-state index is 11.8. The second-order valence-electron chi connectivity index (χ2n) is 4.44. The third-order valence-electron chi connectivity index (χ3n) is 2.18. The van der Waals surface area contributed by atoms with Gasteiger partial charge < -0.3 is 10.5 Å². The molecule has 0 amide bonds. The molecular formula is C12H20N2O3S. The predicted molar refractivity (Wildman–Crippen MR) is 71.7 cm³/mol. The molecule has 6 heteroatoms. The first-order chi connectivity index (χ1) is 8.42. The average Bonchev–Trinajstić information content (AvgIpc) is 2.28. The molecule has 1 aromatic rings. The minimum absolute atomic E-state index is 0.209. The predicted octanol–water partition coefficient (Wildman–Crippen LogP) is 1.22. The largest absolute Gasteiger partial charge is 0.399 e. The number of anilines is 1. The van der Waals surface area contributed by atoms with Crippen molar-refractivity contribution < 1.29 is 13.2 Å². The van der Waals surface area contributed by atoms with Crippen LogP contribution in [0, 0.1) is 5.92 Å². The fourth-order valence-corrected chi connectivity index (χ4v) is 2.31. The summed E-state index contributed by atoms with van der Waals surface area (Å²) in [6.45, 7) is 5.34. The average molecular weight is 272 g/mol. The van der Waals surface area contributed by atoms with E-state index in [1.54, 1.807) is 12.1 Å². The van der Waals surface area contributed by atoms with Crippen LogP contribution in [0.4, 0.5) is 5.69 Å². The molecule has 0 aliphatic rings. The number of nitrogen functional groups attached to an aromatic ring is 1. The van der Waals surface area contributed by atoms with Crippen LogP contribution in [-0.4, -0.2) is 28.2 Å². The van der Waals surface area contributed by atoms with Crippen LogP contribution in [0.3, 0.4) is 0 Å². The van der Waals surface area contributed by atoms with E-state index in [0.29, 0.717) is 24.8 Å². The molecule has 0 heterocycles. The minimum Gasteiger partial charge on any atom is -0.399 e. The van der Waals surface area contributed by atoms with Gasteiger partial charge in [-0.05, 0) is 30.2 Å². The Balaban J connectivity index is 2.43. The molecule has 0 saturated carbocycles. The fourth-order valence-electron chi connectivity index (χ4n) is 1.30. The second-order valence-corrected chi connectivity index (χ2v) is 6.20. The van der Waals surface area contributed by atoms with Crippen molar-refractivity contribution in [3.05, 3.63) is 24.3 Å². The van der Waals surface area contributed by atoms with E-state index in [9.17, 15) is 8.42 Å². The van der Waals surface area contributed by atoms with Crippen LogP contribution in [0.2, 0.25) is 0 Å². The topological polar surface area (TPSA) is 81.4 Å². The molecule has 1 rings (SSSR count). The summed E-state index contributed by atoms with van der Waals surface area (Å²) < 4.78 is 31.4. The van der Waals surface area contributed by atoms with Gasteiger partial charge in [-0.3, -0.25) is 0 Å². The number of nitrogens with one attached hydrogen (secondary N) is 1. The highest BCUT2D eigenvalue weighted by molar-refractivity contribution is 7.89. The molecule has 0 fully saturated rings. The summed E-state index contributed by atoms with van der Waals surface area (Å²) >= 11 is 0. The van der Waals surface area contributed by atoms with Gasteiger partial charge in [-0.2, -0.15) is 0 Å². The minimum atomic E-state index is -3.46. The van der Waals surface area contributed by atoms with E-state index in [0.717, 1.165) is 0 Å². The zero-order valence-corrected chi connectivity index (χ0v) is 11.5. The zero-order chi connectivity index (χ0) is 13.6. The van der Waals surface area contributed by atoms with Gasteiger partial charge in [-0.15, -0.1) is 0 Å². The van der Waals surface area contributed by atoms with Gasteiger partial charge >= 0.3 is 0 Å². The Kier molecular flexibility index (Phi) is 5.58. The lowest BCUT2D eigenvalue weighted by Gasteiger charge is -2.09. The number of benzene rings is 1. The van der Waals surface area contributed by atoms with Gasteiger partial charge in [0.15, 0.2) is 0 Å². The Hall–Kier alpha value is -1.11. The van der Waals surface area contributed by atoms with Crippen LogP contribution >= 0.6 is 0 Å². The molecular weight excluding hydrogens is 252 g/mol. The third kappa shape index (κ3) is 5.03. The van der Waals surface area contributed by atoms with Crippen molar-refractivity contribution >= 4 is 15.7 Å². The fraction of sp³-hybridized carbons (Fsp3) is 0.500. The second kappa shape index (κ2) is 6.72. The van der Waals surface area contributed by atoms with Crippen molar-refractivity contribution in [3.63, 3.8) is 0 Å². The summed E-state index contributed by atoms with van der Waals surface area (Å²) in [4.78, 5) is 0.209. The number of hydrogen-bond donors (Lipinski definition) is 2. The van der Waals surface area contributed by atoms with Crippen LogP contribution in [0.15, 0.2) is 29.2 Å². The molecule has 0 unspecified atom stereocenters. The maximum Gasteiger partial charge on any atom is 0.240 e. The zero-order valence-electron chi connectivity index (χ0n) is 10.7. The third-order valence-corrected chi connectivity index (χ3v) is 3.66. The van der Waals surface area contributed by atoms with Crippen LogP contribution in [-0.2, 0) is 14.8 Å². The Morgan fingerprint density at radius 1 is 1.28 bits per heavy atom. The van der Waals surface area contributed by atoms with E-state index in [1.807, 2.05) is 13.8 Å². The lowest BCUT2D eigenvalue weighted by molar-refractivity contribution is 0.114. The maximum absolute atomic E-state index is 11.8. The van der Waals surface area contributed by atoms with E-state index in [2.05, 4.69) is 4.72 Å². The Labute approximate surface area is 108 Å². The van der Waals surface area contributed by atoms with Gasteiger partial charge in [0.05, 0.1) is 11.5 Å². The number of ether oxygens (including phenoxy) is 1. The normalized spacial score (nSPS) is 11.9. The molecule has 0 radical (unpaired) electrons. The van der Waals surface area contributed by atoms with Gasteiger partial charge in [-0.25, -0.2) is 13.1 Å². The number of rotatable bonds is 7. The summed E-state index contributed by atoms with van der Waals surface area (Å²) in [7, 11) is -3.46. The van der Waals surface area contributed by atoms with E-state index >= 15 is 0 Å². The van der Waals surface area contributed by atoms with Gasteiger partial charge in [0, 0.05) is 18.8 Å².